The lowest BCUT2D eigenvalue weighted by Crippen LogP contribution is -2.31. The van der Waals surface area contributed by atoms with Gasteiger partial charge in [0.2, 0.25) is 0 Å². The molecular weight excluding hydrogens is 434 g/mol. The number of thioether (sulfide) groups is 1. The van der Waals surface area contributed by atoms with E-state index < -0.39 is 6.29 Å². The smallest absolute Gasteiger partial charge is 0.184 e. The fourth-order valence-electron chi connectivity index (χ4n) is 4.10. The molecule has 174 valence electrons. The lowest BCUT2D eigenvalue weighted by molar-refractivity contribution is -0.245. The van der Waals surface area contributed by atoms with Gasteiger partial charge in [0.15, 0.2) is 6.29 Å². The van der Waals surface area contributed by atoms with E-state index in [9.17, 15) is 5.11 Å². The minimum Gasteiger partial charge on any atom is -0.396 e. The molecule has 5 nitrogen and oxygen atoms in total. The summed E-state index contributed by atoms with van der Waals surface area (Å²) in [7, 11) is 0. The van der Waals surface area contributed by atoms with E-state index in [1.807, 2.05) is 36.4 Å². The van der Waals surface area contributed by atoms with Crippen molar-refractivity contribution in [2.24, 2.45) is 5.73 Å². The van der Waals surface area contributed by atoms with Crippen molar-refractivity contribution in [2.75, 3.05) is 18.1 Å². The molecular formula is C27H31NO4S. The highest BCUT2D eigenvalue weighted by Crippen LogP contribution is 2.39. The van der Waals surface area contributed by atoms with Crippen LogP contribution in [0.15, 0.2) is 72.8 Å². The summed E-state index contributed by atoms with van der Waals surface area (Å²) in [5.41, 5.74) is 12.2. The van der Waals surface area contributed by atoms with Crippen molar-refractivity contribution in [3.05, 3.63) is 95.1 Å². The number of hydrogen-bond donors (Lipinski definition) is 3. The molecule has 1 fully saturated rings. The number of aliphatic hydroxyl groups is 2. The number of benzene rings is 3. The molecule has 0 aromatic heterocycles. The largest absolute Gasteiger partial charge is 0.396 e. The van der Waals surface area contributed by atoms with E-state index in [2.05, 4.69) is 36.4 Å². The van der Waals surface area contributed by atoms with Gasteiger partial charge in [-0.2, -0.15) is 11.8 Å². The molecule has 1 heterocycles. The van der Waals surface area contributed by atoms with Crippen LogP contribution in [-0.4, -0.2) is 34.4 Å². The van der Waals surface area contributed by atoms with Crippen LogP contribution in [0, 0.1) is 0 Å². The first kappa shape index (κ1) is 24.0. The highest BCUT2D eigenvalue weighted by atomic mass is 32.2. The van der Waals surface area contributed by atoms with Gasteiger partial charge in [-0.25, -0.2) is 0 Å². The summed E-state index contributed by atoms with van der Waals surface area (Å²) >= 11 is 1.69. The molecule has 3 aromatic rings. The van der Waals surface area contributed by atoms with Gasteiger partial charge in [-0.1, -0.05) is 72.8 Å². The van der Waals surface area contributed by atoms with Gasteiger partial charge in [0.05, 0.1) is 25.4 Å². The maximum Gasteiger partial charge on any atom is 0.184 e. The third-order valence-corrected chi connectivity index (χ3v) is 6.96. The van der Waals surface area contributed by atoms with Crippen LogP contribution < -0.4 is 5.73 Å². The second-order valence-electron chi connectivity index (χ2n) is 8.13. The van der Waals surface area contributed by atoms with Crippen LogP contribution in [0.3, 0.4) is 0 Å². The van der Waals surface area contributed by atoms with Gasteiger partial charge >= 0.3 is 0 Å². The molecule has 3 atom stereocenters. The summed E-state index contributed by atoms with van der Waals surface area (Å²) in [5.74, 6) is 1.49. The summed E-state index contributed by atoms with van der Waals surface area (Å²) in [6, 6.07) is 24.4. The third kappa shape index (κ3) is 6.03. The highest BCUT2D eigenvalue weighted by molar-refractivity contribution is 7.99. The second kappa shape index (κ2) is 11.8. The molecule has 4 N–H and O–H groups in total. The Morgan fingerprint density at radius 2 is 1.61 bits per heavy atom. The summed E-state index contributed by atoms with van der Waals surface area (Å²) in [6.07, 6.45) is 0.184. The molecule has 1 saturated heterocycles. The average Bonchev–Trinajstić information content (AvgIpc) is 2.89. The first-order valence-electron chi connectivity index (χ1n) is 11.3. The highest BCUT2D eigenvalue weighted by Gasteiger charge is 2.32. The zero-order valence-corrected chi connectivity index (χ0v) is 19.4. The molecule has 0 aliphatic carbocycles. The van der Waals surface area contributed by atoms with E-state index in [0.717, 1.165) is 45.6 Å². The van der Waals surface area contributed by atoms with Crippen molar-refractivity contribution in [3.63, 3.8) is 0 Å². The summed E-state index contributed by atoms with van der Waals surface area (Å²) in [6.45, 7) is 0.684. The molecule has 0 saturated carbocycles. The van der Waals surface area contributed by atoms with Gasteiger partial charge in [0.1, 0.15) is 0 Å². The Morgan fingerprint density at radius 1 is 0.879 bits per heavy atom. The van der Waals surface area contributed by atoms with E-state index >= 15 is 0 Å². The number of ether oxygens (including phenoxy) is 2. The zero-order chi connectivity index (χ0) is 23.0. The van der Waals surface area contributed by atoms with Crippen LogP contribution in [0.1, 0.15) is 41.1 Å². The number of aliphatic hydroxyl groups excluding tert-OH is 2. The first-order chi connectivity index (χ1) is 16.2. The topological polar surface area (TPSA) is 84.9 Å². The van der Waals surface area contributed by atoms with Crippen LogP contribution in [0.4, 0.5) is 0 Å². The maximum atomic E-state index is 9.35. The third-order valence-electron chi connectivity index (χ3n) is 5.89. The molecule has 6 heteroatoms. The van der Waals surface area contributed by atoms with Crippen LogP contribution in [0.5, 0.6) is 0 Å². The van der Waals surface area contributed by atoms with Gasteiger partial charge in [-0.15, -0.1) is 0 Å². The Labute approximate surface area is 199 Å². The Balaban J connectivity index is 1.55. The van der Waals surface area contributed by atoms with E-state index in [-0.39, 0.29) is 25.4 Å². The van der Waals surface area contributed by atoms with Crippen molar-refractivity contribution in [3.8, 4) is 11.1 Å². The molecule has 3 unspecified atom stereocenters. The van der Waals surface area contributed by atoms with Crippen LogP contribution in [-0.2, 0) is 22.6 Å². The van der Waals surface area contributed by atoms with Crippen LogP contribution in [0.25, 0.3) is 11.1 Å². The van der Waals surface area contributed by atoms with Gasteiger partial charge in [-0.05, 0) is 27.8 Å². The summed E-state index contributed by atoms with van der Waals surface area (Å²) in [5, 5.41) is 18.5. The molecule has 33 heavy (non-hydrogen) atoms. The Bertz CT molecular complexity index is 1010. The molecule has 3 aromatic carbocycles. The predicted molar refractivity (Wildman–Crippen MR) is 133 cm³/mol. The maximum absolute atomic E-state index is 9.35. The van der Waals surface area contributed by atoms with E-state index in [1.165, 1.54) is 0 Å². The Kier molecular flexibility index (Phi) is 8.56. The lowest BCUT2D eigenvalue weighted by Gasteiger charge is -2.36. The molecule has 0 spiro atoms. The van der Waals surface area contributed by atoms with Gasteiger partial charge in [-0.3, -0.25) is 0 Å². The SMILES string of the molecule is NCc1ccccc1-c1ccc(C2OC(CSCCO)CC(c3ccc(CO)cc3)O2)cc1. The molecule has 0 amide bonds. The van der Waals surface area contributed by atoms with Crippen molar-refractivity contribution in [2.45, 2.75) is 38.1 Å². The molecule has 1 aliphatic heterocycles. The number of rotatable bonds is 9. The zero-order valence-electron chi connectivity index (χ0n) is 18.6. The van der Waals surface area contributed by atoms with E-state index in [1.54, 1.807) is 11.8 Å². The van der Waals surface area contributed by atoms with Crippen molar-refractivity contribution in [1.29, 1.82) is 0 Å². The minimum absolute atomic E-state index is 0.0143. The standard InChI is InChI=1S/C27H31NO4S/c28-16-23-3-1-2-4-25(23)20-9-11-22(12-10-20)27-31-24(18-33-14-13-29)15-26(32-27)21-7-5-19(17-30)6-8-21/h1-12,24,26-27,29-30H,13-18,28H2. The monoisotopic (exact) mass is 465 g/mol. The number of hydrogen-bond acceptors (Lipinski definition) is 6. The second-order valence-corrected chi connectivity index (χ2v) is 9.28. The summed E-state index contributed by atoms with van der Waals surface area (Å²) in [4.78, 5) is 0. The quantitative estimate of drug-likeness (QED) is 0.401. The lowest BCUT2D eigenvalue weighted by atomic mass is 9.98. The van der Waals surface area contributed by atoms with Crippen LogP contribution >= 0.6 is 11.8 Å². The normalized spacial score (nSPS) is 20.6. The molecule has 0 bridgehead atoms. The Morgan fingerprint density at radius 3 is 2.30 bits per heavy atom. The van der Waals surface area contributed by atoms with Crippen molar-refractivity contribution in [1.82, 2.24) is 0 Å². The van der Waals surface area contributed by atoms with Gasteiger partial charge in [0.25, 0.3) is 0 Å². The fraction of sp³-hybridized carbons (Fsp3) is 0.333. The van der Waals surface area contributed by atoms with Gasteiger partial charge in [0, 0.05) is 30.0 Å². The van der Waals surface area contributed by atoms with Crippen molar-refractivity contribution < 1.29 is 19.7 Å². The molecule has 0 radical (unpaired) electrons. The van der Waals surface area contributed by atoms with Gasteiger partial charge < -0.3 is 25.4 Å². The Hall–Kier alpha value is -2.19. The van der Waals surface area contributed by atoms with Crippen molar-refractivity contribution >= 4 is 11.8 Å². The molecule has 4 rings (SSSR count). The molecule has 1 aliphatic rings. The summed E-state index contributed by atoms with van der Waals surface area (Å²) < 4.78 is 12.7. The van der Waals surface area contributed by atoms with E-state index in [4.69, 9.17) is 20.3 Å². The average molecular weight is 466 g/mol. The van der Waals surface area contributed by atoms with E-state index in [0.29, 0.717) is 12.3 Å². The minimum atomic E-state index is -0.472. The fourth-order valence-corrected chi connectivity index (χ4v) is 4.88. The van der Waals surface area contributed by atoms with Crippen LogP contribution in [0.2, 0.25) is 0 Å². The number of nitrogens with two attached hydrogens (primary N) is 1. The first-order valence-corrected chi connectivity index (χ1v) is 12.4. The predicted octanol–water partition coefficient (Wildman–Crippen LogP) is 4.58.